The maximum atomic E-state index is 6.13. The number of aromatic nitrogens is 4. The molecule has 5 nitrogen and oxygen atoms in total. The standard InChI is InChI=1S/C13H9Cl3N4O/c1-2-20-6-10(16)11(18-20)13-17-12(19-21-13)8-4-3-7(14)5-9(8)15/h3-6H,2H2,1H3. The monoisotopic (exact) mass is 342 g/mol. The van der Waals surface area contributed by atoms with Crippen LogP contribution in [0.3, 0.4) is 0 Å². The van der Waals surface area contributed by atoms with Gasteiger partial charge in [-0.25, -0.2) is 0 Å². The molecule has 3 rings (SSSR count). The van der Waals surface area contributed by atoms with Crippen LogP contribution in [0.2, 0.25) is 15.1 Å². The van der Waals surface area contributed by atoms with Gasteiger partial charge in [-0.2, -0.15) is 10.1 Å². The number of benzene rings is 1. The molecule has 0 bridgehead atoms. The molecule has 0 radical (unpaired) electrons. The highest BCUT2D eigenvalue weighted by atomic mass is 35.5. The van der Waals surface area contributed by atoms with E-state index in [9.17, 15) is 0 Å². The summed E-state index contributed by atoms with van der Waals surface area (Å²) in [7, 11) is 0. The van der Waals surface area contributed by atoms with Gasteiger partial charge in [0.05, 0.1) is 10.0 Å². The zero-order valence-corrected chi connectivity index (χ0v) is 13.1. The van der Waals surface area contributed by atoms with E-state index >= 15 is 0 Å². The second-order valence-electron chi connectivity index (χ2n) is 4.23. The third kappa shape index (κ3) is 2.77. The molecule has 0 aliphatic heterocycles. The van der Waals surface area contributed by atoms with Crippen molar-refractivity contribution in [2.24, 2.45) is 0 Å². The Labute approximate surface area is 135 Å². The van der Waals surface area contributed by atoms with Crippen LogP contribution in [0.5, 0.6) is 0 Å². The molecular formula is C13H9Cl3N4O. The van der Waals surface area contributed by atoms with E-state index in [2.05, 4.69) is 15.2 Å². The second kappa shape index (κ2) is 5.67. The summed E-state index contributed by atoms with van der Waals surface area (Å²) in [5, 5.41) is 9.62. The number of hydrogen-bond acceptors (Lipinski definition) is 4. The van der Waals surface area contributed by atoms with E-state index in [1.807, 2.05) is 6.92 Å². The predicted molar refractivity (Wildman–Crippen MR) is 81.7 cm³/mol. The molecule has 21 heavy (non-hydrogen) atoms. The summed E-state index contributed by atoms with van der Waals surface area (Å²) >= 11 is 18.1. The minimum atomic E-state index is 0.244. The molecule has 2 heterocycles. The van der Waals surface area contributed by atoms with Crippen LogP contribution in [0.1, 0.15) is 6.92 Å². The first kappa shape index (κ1) is 14.4. The van der Waals surface area contributed by atoms with Gasteiger partial charge in [-0.15, -0.1) is 0 Å². The maximum absolute atomic E-state index is 6.13. The minimum Gasteiger partial charge on any atom is -0.332 e. The normalized spacial score (nSPS) is 11.0. The van der Waals surface area contributed by atoms with Crippen molar-refractivity contribution < 1.29 is 4.52 Å². The summed E-state index contributed by atoms with van der Waals surface area (Å²) in [6, 6.07) is 5.05. The van der Waals surface area contributed by atoms with Gasteiger partial charge in [0.2, 0.25) is 5.82 Å². The number of nitrogens with zero attached hydrogens (tertiary/aromatic N) is 4. The van der Waals surface area contributed by atoms with E-state index in [0.29, 0.717) is 38.7 Å². The van der Waals surface area contributed by atoms with Crippen molar-refractivity contribution in [2.75, 3.05) is 0 Å². The Kier molecular flexibility index (Phi) is 3.89. The summed E-state index contributed by atoms with van der Waals surface area (Å²) < 4.78 is 6.91. The fourth-order valence-corrected chi connectivity index (χ4v) is 2.53. The molecule has 1 aromatic carbocycles. The highest BCUT2D eigenvalue weighted by Crippen LogP contribution is 2.31. The molecule has 0 unspecified atom stereocenters. The fourth-order valence-electron chi connectivity index (χ4n) is 1.80. The van der Waals surface area contributed by atoms with Gasteiger partial charge < -0.3 is 4.52 Å². The van der Waals surface area contributed by atoms with Crippen LogP contribution >= 0.6 is 34.8 Å². The van der Waals surface area contributed by atoms with Gasteiger partial charge in [0, 0.05) is 23.3 Å². The molecule has 0 amide bonds. The lowest BCUT2D eigenvalue weighted by molar-refractivity contribution is 0.430. The predicted octanol–water partition coefficient (Wildman–Crippen LogP) is 4.58. The highest BCUT2D eigenvalue weighted by Gasteiger charge is 2.18. The molecule has 0 aliphatic carbocycles. The zero-order chi connectivity index (χ0) is 15.0. The molecule has 108 valence electrons. The van der Waals surface area contributed by atoms with Crippen LogP contribution in [0.4, 0.5) is 0 Å². The average molecular weight is 344 g/mol. The summed E-state index contributed by atoms with van der Waals surface area (Å²) in [6.45, 7) is 2.66. The Morgan fingerprint density at radius 3 is 2.67 bits per heavy atom. The first-order valence-corrected chi connectivity index (χ1v) is 7.24. The Hall–Kier alpha value is -1.56. The molecule has 0 saturated heterocycles. The SMILES string of the molecule is CCn1cc(Cl)c(-c2nc(-c3ccc(Cl)cc3Cl)no2)n1. The summed E-state index contributed by atoms with van der Waals surface area (Å²) in [6.07, 6.45) is 1.70. The molecule has 0 spiro atoms. The smallest absolute Gasteiger partial charge is 0.280 e. The van der Waals surface area contributed by atoms with Gasteiger partial charge in [-0.3, -0.25) is 4.68 Å². The first-order chi connectivity index (χ1) is 10.1. The number of halogens is 3. The first-order valence-electron chi connectivity index (χ1n) is 6.11. The molecule has 3 aromatic rings. The van der Waals surface area contributed by atoms with E-state index < -0.39 is 0 Å². The number of aryl methyl sites for hydroxylation is 1. The lowest BCUT2D eigenvalue weighted by Gasteiger charge is -1.98. The molecule has 0 fully saturated rings. The van der Waals surface area contributed by atoms with E-state index in [-0.39, 0.29) is 5.89 Å². The number of hydrogen-bond donors (Lipinski definition) is 0. The molecule has 0 aliphatic rings. The van der Waals surface area contributed by atoms with Crippen LogP contribution in [0.15, 0.2) is 28.9 Å². The molecular weight excluding hydrogens is 335 g/mol. The Bertz CT molecular complexity index is 797. The van der Waals surface area contributed by atoms with Crippen LogP contribution in [-0.2, 0) is 6.54 Å². The van der Waals surface area contributed by atoms with Crippen LogP contribution < -0.4 is 0 Å². The van der Waals surface area contributed by atoms with Gasteiger partial charge in [0.25, 0.3) is 5.89 Å². The van der Waals surface area contributed by atoms with Gasteiger partial charge in [-0.1, -0.05) is 40.0 Å². The Morgan fingerprint density at radius 2 is 2.00 bits per heavy atom. The van der Waals surface area contributed by atoms with Crippen molar-refractivity contribution in [1.29, 1.82) is 0 Å². The summed E-state index contributed by atoms with van der Waals surface area (Å²) in [5.74, 6) is 0.599. The fraction of sp³-hybridized carbons (Fsp3) is 0.154. The second-order valence-corrected chi connectivity index (χ2v) is 5.48. The lowest BCUT2D eigenvalue weighted by atomic mass is 10.2. The topological polar surface area (TPSA) is 56.7 Å². The van der Waals surface area contributed by atoms with Crippen molar-refractivity contribution in [3.05, 3.63) is 39.5 Å². The van der Waals surface area contributed by atoms with Gasteiger partial charge >= 0.3 is 0 Å². The maximum Gasteiger partial charge on any atom is 0.280 e. The van der Waals surface area contributed by atoms with Crippen molar-refractivity contribution >= 4 is 34.8 Å². The van der Waals surface area contributed by atoms with Gasteiger partial charge in [-0.05, 0) is 25.1 Å². The van der Waals surface area contributed by atoms with Gasteiger partial charge in [0.1, 0.15) is 0 Å². The highest BCUT2D eigenvalue weighted by molar-refractivity contribution is 6.36. The largest absolute Gasteiger partial charge is 0.332 e. The van der Waals surface area contributed by atoms with Crippen molar-refractivity contribution in [2.45, 2.75) is 13.5 Å². The van der Waals surface area contributed by atoms with Crippen molar-refractivity contribution in [1.82, 2.24) is 19.9 Å². The van der Waals surface area contributed by atoms with E-state index in [1.54, 1.807) is 29.1 Å². The van der Waals surface area contributed by atoms with E-state index in [0.717, 1.165) is 0 Å². The molecule has 0 atom stereocenters. The molecule has 0 saturated carbocycles. The zero-order valence-electron chi connectivity index (χ0n) is 10.8. The average Bonchev–Trinajstić information content (AvgIpc) is 3.05. The summed E-state index contributed by atoms with van der Waals surface area (Å²) in [5.41, 5.74) is 1.07. The summed E-state index contributed by atoms with van der Waals surface area (Å²) in [4.78, 5) is 4.28. The van der Waals surface area contributed by atoms with Gasteiger partial charge in [0.15, 0.2) is 5.69 Å². The minimum absolute atomic E-state index is 0.244. The van der Waals surface area contributed by atoms with Crippen LogP contribution in [0, 0.1) is 0 Å². The Balaban J connectivity index is 2.01. The van der Waals surface area contributed by atoms with Crippen molar-refractivity contribution in [3.8, 4) is 23.0 Å². The third-order valence-electron chi connectivity index (χ3n) is 2.84. The van der Waals surface area contributed by atoms with E-state index in [4.69, 9.17) is 39.3 Å². The molecule has 0 N–H and O–H groups in total. The lowest BCUT2D eigenvalue weighted by Crippen LogP contribution is -1.93. The molecule has 2 aromatic heterocycles. The van der Waals surface area contributed by atoms with Crippen LogP contribution in [-0.4, -0.2) is 19.9 Å². The van der Waals surface area contributed by atoms with E-state index in [1.165, 1.54) is 0 Å². The van der Waals surface area contributed by atoms with Crippen molar-refractivity contribution in [3.63, 3.8) is 0 Å². The quantitative estimate of drug-likeness (QED) is 0.698. The molecule has 8 heteroatoms. The third-order valence-corrected chi connectivity index (χ3v) is 3.67. The Morgan fingerprint density at radius 1 is 1.19 bits per heavy atom. The van der Waals surface area contributed by atoms with Crippen LogP contribution in [0.25, 0.3) is 23.0 Å². The number of rotatable bonds is 3.